The summed E-state index contributed by atoms with van der Waals surface area (Å²) in [6, 6.07) is 5.51. The zero-order valence-corrected chi connectivity index (χ0v) is 7.91. The van der Waals surface area contributed by atoms with Crippen LogP contribution in [0.1, 0.15) is 5.56 Å². The molecule has 0 atom stereocenters. The summed E-state index contributed by atoms with van der Waals surface area (Å²) in [4.78, 5) is 20.1. The normalized spacial score (nSPS) is 9.19. The van der Waals surface area contributed by atoms with Crippen molar-refractivity contribution >= 4 is 11.7 Å². The van der Waals surface area contributed by atoms with E-state index in [1.54, 1.807) is 6.07 Å². The summed E-state index contributed by atoms with van der Waals surface area (Å²) < 4.78 is 4.71. The number of nitrogens with zero attached hydrogens (tertiary/aromatic N) is 2. The first-order valence-electron chi connectivity index (χ1n) is 4.08. The van der Waals surface area contributed by atoms with Gasteiger partial charge in [-0.1, -0.05) is 6.07 Å². The SMILES string of the molecule is N#Cc1cccc(OCC(=O)O)c1[N+](=O)[O-]. The number of hydrogen-bond donors (Lipinski definition) is 1. The molecular weight excluding hydrogens is 216 g/mol. The number of nitro benzene ring substituents is 1. The Labute approximate surface area is 89.6 Å². The Balaban J connectivity index is 3.13. The highest BCUT2D eigenvalue weighted by Gasteiger charge is 2.21. The van der Waals surface area contributed by atoms with Gasteiger partial charge in [-0.05, 0) is 12.1 Å². The number of ether oxygens (including phenoxy) is 1. The summed E-state index contributed by atoms with van der Waals surface area (Å²) in [5.41, 5.74) is -0.695. The molecular formula is C9H6N2O5. The topological polar surface area (TPSA) is 113 Å². The zero-order valence-electron chi connectivity index (χ0n) is 7.91. The molecule has 0 aromatic heterocycles. The smallest absolute Gasteiger partial charge is 0.341 e. The largest absolute Gasteiger partial charge is 0.479 e. The number of carboxylic acid groups (broad SMARTS) is 1. The molecule has 0 radical (unpaired) electrons. The third kappa shape index (κ3) is 2.45. The van der Waals surface area contributed by atoms with E-state index in [1.807, 2.05) is 0 Å². The Morgan fingerprint density at radius 2 is 2.31 bits per heavy atom. The fraction of sp³-hybridized carbons (Fsp3) is 0.111. The molecule has 0 aliphatic heterocycles. The van der Waals surface area contributed by atoms with Crippen LogP contribution in [0.4, 0.5) is 5.69 Å². The van der Waals surface area contributed by atoms with Crippen LogP contribution in [-0.2, 0) is 4.79 Å². The lowest BCUT2D eigenvalue weighted by Gasteiger charge is -2.04. The average Bonchev–Trinajstić information content (AvgIpc) is 2.25. The molecule has 1 aromatic rings. The van der Waals surface area contributed by atoms with E-state index in [0.717, 1.165) is 0 Å². The van der Waals surface area contributed by atoms with Gasteiger partial charge in [0, 0.05) is 0 Å². The van der Waals surface area contributed by atoms with E-state index in [2.05, 4.69) is 0 Å². The van der Waals surface area contributed by atoms with Crippen LogP contribution in [0.2, 0.25) is 0 Å². The lowest BCUT2D eigenvalue weighted by molar-refractivity contribution is -0.386. The van der Waals surface area contributed by atoms with E-state index in [-0.39, 0.29) is 11.3 Å². The molecule has 1 aromatic carbocycles. The quantitative estimate of drug-likeness (QED) is 0.598. The first-order chi connectivity index (χ1) is 7.56. The summed E-state index contributed by atoms with van der Waals surface area (Å²) in [5, 5.41) is 27.7. The molecule has 0 bridgehead atoms. The van der Waals surface area contributed by atoms with E-state index < -0.39 is 23.2 Å². The molecule has 7 nitrogen and oxygen atoms in total. The van der Waals surface area contributed by atoms with Gasteiger partial charge in [-0.3, -0.25) is 10.1 Å². The minimum Gasteiger partial charge on any atom is -0.479 e. The molecule has 0 saturated carbocycles. The van der Waals surface area contributed by atoms with E-state index >= 15 is 0 Å². The minimum atomic E-state index is -1.25. The van der Waals surface area contributed by atoms with E-state index in [9.17, 15) is 14.9 Å². The molecule has 0 spiro atoms. The minimum absolute atomic E-state index is 0.173. The Morgan fingerprint density at radius 1 is 1.62 bits per heavy atom. The maximum Gasteiger partial charge on any atom is 0.341 e. The third-order valence-corrected chi connectivity index (χ3v) is 1.65. The number of carbonyl (C=O) groups is 1. The number of nitro groups is 1. The maximum absolute atomic E-state index is 10.7. The number of para-hydroxylation sites is 1. The first-order valence-corrected chi connectivity index (χ1v) is 4.08. The second kappa shape index (κ2) is 4.75. The molecule has 82 valence electrons. The number of hydrogen-bond acceptors (Lipinski definition) is 5. The summed E-state index contributed by atoms with van der Waals surface area (Å²) in [5.74, 6) is -1.48. The van der Waals surface area contributed by atoms with E-state index in [1.165, 1.54) is 18.2 Å². The van der Waals surface area contributed by atoms with Crippen LogP contribution >= 0.6 is 0 Å². The summed E-state index contributed by atoms with van der Waals surface area (Å²) >= 11 is 0. The molecule has 1 N–H and O–H groups in total. The zero-order chi connectivity index (χ0) is 12.1. The van der Waals surface area contributed by atoms with Gasteiger partial charge in [0.15, 0.2) is 12.4 Å². The van der Waals surface area contributed by atoms with Gasteiger partial charge >= 0.3 is 11.7 Å². The van der Waals surface area contributed by atoms with Crippen LogP contribution in [0.15, 0.2) is 18.2 Å². The van der Waals surface area contributed by atoms with Crippen LogP contribution < -0.4 is 4.74 Å². The van der Waals surface area contributed by atoms with Crippen LogP contribution in [0.25, 0.3) is 0 Å². The van der Waals surface area contributed by atoms with Crippen molar-refractivity contribution in [3.63, 3.8) is 0 Å². The number of benzene rings is 1. The van der Waals surface area contributed by atoms with Gasteiger partial charge in [0.25, 0.3) is 0 Å². The van der Waals surface area contributed by atoms with E-state index in [4.69, 9.17) is 15.1 Å². The van der Waals surface area contributed by atoms with Crippen molar-refractivity contribution in [1.82, 2.24) is 0 Å². The lowest BCUT2D eigenvalue weighted by atomic mass is 10.2. The predicted molar refractivity (Wildman–Crippen MR) is 50.9 cm³/mol. The number of carboxylic acids is 1. The van der Waals surface area contributed by atoms with Gasteiger partial charge in [0.05, 0.1) is 4.92 Å². The number of rotatable bonds is 4. The Morgan fingerprint density at radius 3 is 2.81 bits per heavy atom. The molecule has 0 heterocycles. The number of aliphatic carboxylic acids is 1. The fourth-order valence-electron chi connectivity index (χ4n) is 1.06. The molecule has 0 aliphatic carbocycles. The predicted octanol–water partition coefficient (Wildman–Crippen LogP) is 0.930. The number of nitriles is 1. The van der Waals surface area contributed by atoms with Gasteiger partial charge in [-0.25, -0.2) is 4.79 Å². The van der Waals surface area contributed by atoms with Gasteiger partial charge in [0.1, 0.15) is 11.6 Å². The molecule has 0 saturated heterocycles. The Kier molecular flexibility index (Phi) is 3.40. The van der Waals surface area contributed by atoms with Gasteiger partial charge in [-0.2, -0.15) is 5.26 Å². The highest BCUT2D eigenvalue weighted by atomic mass is 16.6. The standard InChI is InChI=1S/C9H6N2O5/c10-4-6-2-1-3-7(9(6)11(14)15)16-5-8(12)13/h1-3H,5H2,(H,12,13). The van der Waals surface area contributed by atoms with Crippen LogP contribution in [0, 0.1) is 21.4 Å². The maximum atomic E-state index is 10.7. The fourth-order valence-corrected chi connectivity index (χ4v) is 1.06. The summed E-state index contributed by atoms with van der Waals surface area (Å²) in [7, 11) is 0. The Bertz CT molecular complexity index is 477. The van der Waals surface area contributed by atoms with Crippen molar-refractivity contribution in [2.75, 3.05) is 6.61 Å². The summed E-state index contributed by atoms with van der Waals surface area (Å²) in [6.07, 6.45) is 0. The van der Waals surface area contributed by atoms with Gasteiger partial charge in [-0.15, -0.1) is 0 Å². The lowest BCUT2D eigenvalue weighted by Crippen LogP contribution is -2.10. The highest BCUT2D eigenvalue weighted by Crippen LogP contribution is 2.30. The van der Waals surface area contributed by atoms with Crippen molar-refractivity contribution in [3.8, 4) is 11.8 Å². The Hall–Kier alpha value is -2.62. The molecule has 0 unspecified atom stereocenters. The molecule has 0 aliphatic rings. The van der Waals surface area contributed by atoms with Crippen molar-refractivity contribution in [1.29, 1.82) is 5.26 Å². The molecule has 0 amide bonds. The highest BCUT2D eigenvalue weighted by molar-refractivity contribution is 5.69. The molecule has 16 heavy (non-hydrogen) atoms. The van der Waals surface area contributed by atoms with Gasteiger partial charge in [0.2, 0.25) is 0 Å². The molecule has 0 fully saturated rings. The molecule has 7 heteroatoms. The van der Waals surface area contributed by atoms with E-state index in [0.29, 0.717) is 0 Å². The monoisotopic (exact) mass is 222 g/mol. The van der Waals surface area contributed by atoms with Crippen molar-refractivity contribution in [3.05, 3.63) is 33.9 Å². The second-order valence-corrected chi connectivity index (χ2v) is 2.70. The van der Waals surface area contributed by atoms with Crippen molar-refractivity contribution in [2.45, 2.75) is 0 Å². The average molecular weight is 222 g/mol. The molecule has 1 rings (SSSR count). The van der Waals surface area contributed by atoms with Crippen molar-refractivity contribution < 1.29 is 19.6 Å². The van der Waals surface area contributed by atoms with Crippen molar-refractivity contribution in [2.24, 2.45) is 0 Å². The van der Waals surface area contributed by atoms with Gasteiger partial charge < -0.3 is 9.84 Å². The van der Waals surface area contributed by atoms with Crippen LogP contribution in [-0.4, -0.2) is 22.6 Å². The second-order valence-electron chi connectivity index (χ2n) is 2.70. The first kappa shape index (κ1) is 11.5. The van der Waals surface area contributed by atoms with Crippen LogP contribution in [0.5, 0.6) is 5.75 Å². The summed E-state index contributed by atoms with van der Waals surface area (Å²) in [6.45, 7) is -0.699. The third-order valence-electron chi connectivity index (χ3n) is 1.65. The van der Waals surface area contributed by atoms with Crippen LogP contribution in [0.3, 0.4) is 0 Å².